The molecule has 2 atom stereocenters. The molecule has 0 spiro atoms. The molecular formula is C13H19N3O. The first-order chi connectivity index (χ1) is 8.13. The van der Waals surface area contributed by atoms with Gasteiger partial charge in [0.25, 0.3) is 0 Å². The number of nitrogens with two attached hydrogens (primary N) is 2. The molecule has 1 heterocycles. The summed E-state index contributed by atoms with van der Waals surface area (Å²) >= 11 is 0. The highest BCUT2D eigenvalue weighted by molar-refractivity contribution is 5.80. The van der Waals surface area contributed by atoms with Gasteiger partial charge in [0.2, 0.25) is 5.91 Å². The van der Waals surface area contributed by atoms with E-state index in [1.54, 1.807) is 0 Å². The topological polar surface area (TPSA) is 72.3 Å². The van der Waals surface area contributed by atoms with Crippen LogP contribution in [0, 0.1) is 0 Å². The van der Waals surface area contributed by atoms with Crippen LogP contribution in [0.5, 0.6) is 0 Å². The number of benzene rings is 1. The largest absolute Gasteiger partial charge is 0.399 e. The van der Waals surface area contributed by atoms with Crippen molar-refractivity contribution < 1.29 is 4.79 Å². The number of amides is 1. The Bertz CT molecular complexity index is 402. The second-order valence-corrected chi connectivity index (χ2v) is 4.57. The molecule has 0 radical (unpaired) electrons. The average molecular weight is 233 g/mol. The number of rotatable bonds is 3. The molecule has 1 fully saturated rings. The highest BCUT2D eigenvalue weighted by Crippen LogP contribution is 2.32. The molecule has 4 heteroatoms. The highest BCUT2D eigenvalue weighted by Gasteiger charge is 2.37. The maximum absolute atomic E-state index is 11.8. The summed E-state index contributed by atoms with van der Waals surface area (Å²) in [5, 5.41) is 0. The first kappa shape index (κ1) is 11.9. The van der Waals surface area contributed by atoms with Gasteiger partial charge in [-0.3, -0.25) is 4.79 Å². The van der Waals surface area contributed by atoms with Gasteiger partial charge in [-0.25, -0.2) is 0 Å². The smallest absolute Gasteiger partial charge is 0.224 e. The van der Waals surface area contributed by atoms with Crippen molar-refractivity contribution >= 4 is 11.6 Å². The van der Waals surface area contributed by atoms with E-state index in [1.165, 1.54) is 0 Å². The van der Waals surface area contributed by atoms with Gasteiger partial charge in [-0.2, -0.15) is 0 Å². The normalized spacial score (nSPS) is 24.4. The van der Waals surface area contributed by atoms with Crippen molar-refractivity contribution in [2.75, 3.05) is 12.3 Å². The molecule has 1 saturated heterocycles. The van der Waals surface area contributed by atoms with E-state index in [4.69, 9.17) is 11.5 Å². The molecule has 2 rings (SSSR count). The number of carbonyl (C=O) groups excluding carboxylic acids is 1. The molecule has 1 amide bonds. The highest BCUT2D eigenvalue weighted by atomic mass is 16.2. The number of nitrogens with zero attached hydrogens (tertiary/aromatic N) is 1. The summed E-state index contributed by atoms with van der Waals surface area (Å²) < 4.78 is 0. The van der Waals surface area contributed by atoms with Gasteiger partial charge in [0.05, 0.1) is 6.04 Å². The van der Waals surface area contributed by atoms with Crippen LogP contribution in [-0.4, -0.2) is 23.4 Å². The summed E-state index contributed by atoms with van der Waals surface area (Å²) in [6, 6.07) is 7.52. The fourth-order valence-electron chi connectivity index (χ4n) is 2.44. The van der Waals surface area contributed by atoms with E-state index in [1.807, 2.05) is 29.2 Å². The average Bonchev–Trinajstić information content (AvgIpc) is 2.56. The van der Waals surface area contributed by atoms with E-state index >= 15 is 0 Å². The third kappa shape index (κ3) is 2.26. The van der Waals surface area contributed by atoms with Gasteiger partial charge in [-0.05, 0) is 24.1 Å². The molecule has 1 aromatic rings. The third-order valence-electron chi connectivity index (χ3n) is 3.21. The van der Waals surface area contributed by atoms with Gasteiger partial charge in [-0.15, -0.1) is 0 Å². The molecular weight excluding hydrogens is 214 g/mol. The molecule has 4 N–H and O–H groups in total. The molecule has 0 aliphatic carbocycles. The maximum atomic E-state index is 11.8. The number of carbonyl (C=O) groups is 1. The summed E-state index contributed by atoms with van der Waals surface area (Å²) in [5.74, 6) is 0.154. The third-order valence-corrected chi connectivity index (χ3v) is 3.21. The number of hydrogen-bond acceptors (Lipinski definition) is 3. The van der Waals surface area contributed by atoms with Crippen LogP contribution < -0.4 is 11.5 Å². The Morgan fingerprint density at radius 3 is 2.59 bits per heavy atom. The Morgan fingerprint density at radius 2 is 2.00 bits per heavy atom. The fraction of sp³-hybridized carbons (Fsp3) is 0.462. The van der Waals surface area contributed by atoms with Crippen LogP contribution >= 0.6 is 0 Å². The molecule has 2 unspecified atom stereocenters. The molecule has 0 saturated carbocycles. The molecule has 1 aromatic carbocycles. The van der Waals surface area contributed by atoms with Crippen molar-refractivity contribution in [1.82, 2.24) is 4.90 Å². The van der Waals surface area contributed by atoms with E-state index in [-0.39, 0.29) is 18.0 Å². The molecule has 4 nitrogen and oxygen atoms in total. The minimum Gasteiger partial charge on any atom is -0.399 e. The van der Waals surface area contributed by atoms with Gasteiger partial charge < -0.3 is 16.4 Å². The molecule has 0 bridgehead atoms. The monoisotopic (exact) mass is 233 g/mol. The van der Waals surface area contributed by atoms with Gasteiger partial charge >= 0.3 is 0 Å². The van der Waals surface area contributed by atoms with Crippen LogP contribution in [0.4, 0.5) is 5.69 Å². The van der Waals surface area contributed by atoms with Crippen molar-refractivity contribution in [3.05, 3.63) is 29.8 Å². The molecule has 1 aliphatic rings. The lowest BCUT2D eigenvalue weighted by Gasteiger charge is -2.27. The van der Waals surface area contributed by atoms with E-state index < -0.39 is 0 Å². The Morgan fingerprint density at radius 1 is 1.35 bits per heavy atom. The number of anilines is 1. The van der Waals surface area contributed by atoms with Gasteiger partial charge in [0.15, 0.2) is 0 Å². The number of nitrogen functional groups attached to an aromatic ring is 1. The van der Waals surface area contributed by atoms with E-state index in [0.29, 0.717) is 6.42 Å². The summed E-state index contributed by atoms with van der Waals surface area (Å²) in [6.45, 7) is 2.83. The van der Waals surface area contributed by atoms with E-state index in [2.05, 4.69) is 6.92 Å². The number of hydrogen-bond donors (Lipinski definition) is 2. The van der Waals surface area contributed by atoms with Crippen molar-refractivity contribution in [2.45, 2.75) is 31.8 Å². The van der Waals surface area contributed by atoms with Crippen molar-refractivity contribution in [1.29, 1.82) is 0 Å². The first-order valence-electron chi connectivity index (χ1n) is 6.04. The summed E-state index contributed by atoms with van der Waals surface area (Å²) in [7, 11) is 0. The Labute approximate surface area is 102 Å². The standard InChI is InChI=1S/C13H19N3O/c1-2-7-16-12(17)8-11(15)13(16)9-3-5-10(14)6-4-9/h3-6,11,13H,2,7-8,14-15H2,1H3. The van der Waals surface area contributed by atoms with Crippen LogP contribution in [-0.2, 0) is 4.79 Å². The Kier molecular flexibility index (Phi) is 3.33. The van der Waals surface area contributed by atoms with Crippen LogP contribution in [0.2, 0.25) is 0 Å². The lowest BCUT2D eigenvalue weighted by Crippen LogP contribution is -2.33. The second kappa shape index (κ2) is 4.75. The second-order valence-electron chi connectivity index (χ2n) is 4.57. The minimum atomic E-state index is -0.113. The zero-order valence-corrected chi connectivity index (χ0v) is 10.1. The lowest BCUT2D eigenvalue weighted by molar-refractivity contribution is -0.129. The van der Waals surface area contributed by atoms with Crippen molar-refractivity contribution in [3.63, 3.8) is 0 Å². The quantitative estimate of drug-likeness (QED) is 0.772. The van der Waals surface area contributed by atoms with Gasteiger partial charge in [0, 0.05) is 24.7 Å². The maximum Gasteiger partial charge on any atom is 0.224 e. The lowest BCUT2D eigenvalue weighted by atomic mass is 10.0. The predicted molar refractivity (Wildman–Crippen MR) is 68.2 cm³/mol. The van der Waals surface area contributed by atoms with Gasteiger partial charge in [-0.1, -0.05) is 19.1 Å². The van der Waals surface area contributed by atoms with Crippen LogP contribution in [0.15, 0.2) is 24.3 Å². The summed E-state index contributed by atoms with van der Waals surface area (Å²) in [5.41, 5.74) is 13.5. The molecule has 0 aromatic heterocycles. The van der Waals surface area contributed by atoms with Crippen LogP contribution in [0.3, 0.4) is 0 Å². The summed E-state index contributed by atoms with van der Waals surface area (Å²) in [6.07, 6.45) is 1.39. The molecule has 17 heavy (non-hydrogen) atoms. The van der Waals surface area contributed by atoms with Gasteiger partial charge in [0.1, 0.15) is 0 Å². The minimum absolute atomic E-state index is 0.00282. The zero-order valence-electron chi connectivity index (χ0n) is 10.1. The SMILES string of the molecule is CCCN1C(=O)CC(N)C1c1ccc(N)cc1. The molecule has 92 valence electrons. The van der Waals surface area contributed by atoms with Crippen molar-refractivity contribution in [2.24, 2.45) is 5.73 Å². The summed E-state index contributed by atoms with van der Waals surface area (Å²) in [4.78, 5) is 13.7. The van der Waals surface area contributed by atoms with Crippen LogP contribution in [0.1, 0.15) is 31.4 Å². The predicted octanol–water partition coefficient (Wildman–Crippen LogP) is 1.28. The Hall–Kier alpha value is -1.55. The number of likely N-dealkylation sites (tertiary alicyclic amines) is 1. The zero-order chi connectivity index (χ0) is 12.4. The fourth-order valence-corrected chi connectivity index (χ4v) is 2.44. The molecule has 1 aliphatic heterocycles. The van der Waals surface area contributed by atoms with E-state index in [9.17, 15) is 4.79 Å². The van der Waals surface area contributed by atoms with Crippen LogP contribution in [0.25, 0.3) is 0 Å². The van der Waals surface area contributed by atoms with E-state index in [0.717, 1.165) is 24.2 Å². The first-order valence-corrected chi connectivity index (χ1v) is 6.04. The van der Waals surface area contributed by atoms with Crippen molar-refractivity contribution in [3.8, 4) is 0 Å². The Balaban J connectivity index is 2.28.